The van der Waals surface area contributed by atoms with E-state index in [2.05, 4.69) is 20.4 Å². The highest BCUT2D eigenvalue weighted by atomic mass is 35.5. The van der Waals surface area contributed by atoms with E-state index in [9.17, 15) is 13.9 Å². The Kier molecular flexibility index (Phi) is 7.01. The molecule has 1 aliphatic heterocycles. The number of rotatable bonds is 8. The Morgan fingerprint density at radius 2 is 2.12 bits per heavy atom. The SMILES string of the molecule is C[C@@H](N1CCn2nc(-c3cccc(Cl)c3)nc2C1)[C@](O)(CN/C=N\C=N)c1ccc(F)cc1F. The first-order valence-electron chi connectivity index (χ1n) is 10.7. The Morgan fingerprint density at radius 1 is 1.29 bits per heavy atom. The lowest BCUT2D eigenvalue weighted by atomic mass is 9.85. The minimum Gasteiger partial charge on any atom is -0.382 e. The number of aliphatic imine (C=N–C) groups is 1. The third-order valence-corrected chi connectivity index (χ3v) is 6.26. The first-order chi connectivity index (χ1) is 16.3. The van der Waals surface area contributed by atoms with E-state index in [1.54, 1.807) is 19.1 Å². The second-order valence-electron chi connectivity index (χ2n) is 8.07. The minimum absolute atomic E-state index is 0.0381. The number of fused-ring (bicyclic) bond motifs is 1. The number of aliphatic hydroxyl groups is 1. The average molecular weight is 488 g/mol. The molecule has 4 rings (SSSR count). The molecule has 0 fully saturated rings. The Bertz CT molecular complexity index is 1220. The molecule has 2 atom stereocenters. The van der Waals surface area contributed by atoms with Crippen molar-refractivity contribution in [3.63, 3.8) is 0 Å². The highest BCUT2D eigenvalue weighted by Gasteiger charge is 2.42. The molecule has 0 saturated heterocycles. The van der Waals surface area contributed by atoms with Gasteiger partial charge in [-0.1, -0.05) is 29.8 Å². The monoisotopic (exact) mass is 487 g/mol. The van der Waals surface area contributed by atoms with Gasteiger partial charge in [-0.15, -0.1) is 0 Å². The summed E-state index contributed by atoms with van der Waals surface area (Å²) in [6.45, 7) is 3.10. The zero-order chi connectivity index (χ0) is 24.3. The molecular weight excluding hydrogens is 464 g/mol. The minimum atomic E-state index is -1.73. The van der Waals surface area contributed by atoms with E-state index in [0.29, 0.717) is 36.3 Å². The maximum absolute atomic E-state index is 14.8. The molecule has 0 aliphatic carbocycles. The fraction of sp³-hybridized carbons (Fsp3) is 0.304. The number of hydrogen-bond donors (Lipinski definition) is 3. The fourth-order valence-corrected chi connectivity index (χ4v) is 4.33. The topological polar surface area (TPSA) is 102 Å². The van der Waals surface area contributed by atoms with Crippen molar-refractivity contribution in [2.24, 2.45) is 4.99 Å². The van der Waals surface area contributed by atoms with Gasteiger partial charge in [-0.2, -0.15) is 5.10 Å². The van der Waals surface area contributed by atoms with Gasteiger partial charge in [-0.3, -0.25) is 10.3 Å². The molecule has 0 amide bonds. The second kappa shape index (κ2) is 9.96. The predicted octanol–water partition coefficient (Wildman–Crippen LogP) is 3.19. The molecule has 2 heterocycles. The summed E-state index contributed by atoms with van der Waals surface area (Å²) in [6.07, 6.45) is 2.08. The van der Waals surface area contributed by atoms with E-state index >= 15 is 0 Å². The molecule has 0 bridgehead atoms. The maximum atomic E-state index is 14.8. The van der Waals surface area contributed by atoms with E-state index in [4.69, 9.17) is 17.0 Å². The first-order valence-corrected chi connectivity index (χ1v) is 11.0. The summed E-state index contributed by atoms with van der Waals surface area (Å²) in [5.74, 6) is -0.317. The molecular formula is C23H24ClF2N7O. The van der Waals surface area contributed by atoms with E-state index in [0.717, 1.165) is 24.0 Å². The van der Waals surface area contributed by atoms with Crippen LogP contribution in [0.5, 0.6) is 0 Å². The van der Waals surface area contributed by atoms with E-state index in [1.165, 1.54) is 12.4 Å². The summed E-state index contributed by atoms with van der Waals surface area (Å²) < 4.78 is 30.1. The van der Waals surface area contributed by atoms with Crippen LogP contribution in [0.1, 0.15) is 18.3 Å². The Morgan fingerprint density at radius 3 is 2.85 bits per heavy atom. The lowest BCUT2D eigenvalue weighted by Crippen LogP contribution is -2.55. The average Bonchev–Trinajstić information content (AvgIpc) is 3.25. The van der Waals surface area contributed by atoms with Crippen LogP contribution in [0.15, 0.2) is 47.5 Å². The highest BCUT2D eigenvalue weighted by molar-refractivity contribution is 6.30. The third kappa shape index (κ3) is 4.84. The quantitative estimate of drug-likeness (QED) is 0.334. The summed E-state index contributed by atoms with van der Waals surface area (Å²) in [4.78, 5) is 10.3. The van der Waals surface area contributed by atoms with Crippen molar-refractivity contribution in [2.45, 2.75) is 31.7 Å². The second-order valence-corrected chi connectivity index (χ2v) is 8.50. The number of nitrogens with zero attached hydrogens (tertiary/aromatic N) is 5. The van der Waals surface area contributed by atoms with Crippen LogP contribution in [-0.2, 0) is 18.7 Å². The van der Waals surface area contributed by atoms with Crippen LogP contribution in [0.4, 0.5) is 8.78 Å². The molecule has 8 nitrogen and oxygen atoms in total. The lowest BCUT2D eigenvalue weighted by Gasteiger charge is -2.42. The summed E-state index contributed by atoms with van der Waals surface area (Å²) in [6, 6.07) is 9.81. The van der Waals surface area contributed by atoms with Crippen LogP contribution >= 0.6 is 11.6 Å². The molecule has 34 heavy (non-hydrogen) atoms. The molecule has 11 heteroatoms. The summed E-state index contributed by atoms with van der Waals surface area (Å²) >= 11 is 6.10. The van der Waals surface area contributed by atoms with E-state index in [-0.39, 0.29) is 12.1 Å². The van der Waals surface area contributed by atoms with Crippen LogP contribution in [0, 0.1) is 17.0 Å². The van der Waals surface area contributed by atoms with E-state index < -0.39 is 23.3 Å². The van der Waals surface area contributed by atoms with Gasteiger partial charge in [0.2, 0.25) is 0 Å². The zero-order valence-corrected chi connectivity index (χ0v) is 19.2. The fourth-order valence-electron chi connectivity index (χ4n) is 4.14. The highest BCUT2D eigenvalue weighted by Crippen LogP contribution is 2.32. The van der Waals surface area contributed by atoms with Crippen LogP contribution in [0.3, 0.4) is 0 Å². The van der Waals surface area contributed by atoms with Gasteiger partial charge in [-0.05, 0) is 25.1 Å². The van der Waals surface area contributed by atoms with Crippen LogP contribution in [-0.4, -0.2) is 56.6 Å². The molecule has 2 aromatic carbocycles. The maximum Gasteiger partial charge on any atom is 0.181 e. The van der Waals surface area contributed by atoms with Gasteiger partial charge in [0.15, 0.2) is 5.82 Å². The standard InChI is InChI=1S/C23H24ClF2N7O/c1-15(23(34,12-28-14-29-13-27)19-6-5-18(25)10-20(19)26)32-7-8-33-21(11-32)30-22(31-33)16-3-2-4-17(24)9-16/h2-6,9-10,13-15,34H,7-8,11-12H2,1H3,(H2,27,28,29)/t15-,23-/m1/s1. The van der Waals surface area contributed by atoms with Gasteiger partial charge >= 0.3 is 0 Å². The Labute approximate surface area is 200 Å². The molecule has 0 radical (unpaired) electrons. The molecule has 1 aliphatic rings. The number of halogens is 3. The van der Waals surface area contributed by atoms with E-state index in [1.807, 2.05) is 21.7 Å². The van der Waals surface area contributed by atoms with Crippen LogP contribution < -0.4 is 5.32 Å². The molecule has 0 saturated carbocycles. The number of aromatic nitrogens is 3. The van der Waals surface area contributed by atoms with Gasteiger partial charge in [0.25, 0.3) is 0 Å². The smallest absolute Gasteiger partial charge is 0.181 e. The molecule has 0 unspecified atom stereocenters. The van der Waals surface area contributed by atoms with Crippen molar-refractivity contribution < 1.29 is 13.9 Å². The first kappa shape index (κ1) is 23.9. The van der Waals surface area contributed by atoms with Gasteiger partial charge < -0.3 is 10.4 Å². The normalized spacial score (nSPS) is 16.7. The van der Waals surface area contributed by atoms with Crippen molar-refractivity contribution in [1.29, 1.82) is 5.41 Å². The third-order valence-electron chi connectivity index (χ3n) is 6.02. The van der Waals surface area contributed by atoms with Crippen molar-refractivity contribution >= 4 is 24.3 Å². The van der Waals surface area contributed by atoms with Crippen LogP contribution in [0.25, 0.3) is 11.4 Å². The van der Waals surface area contributed by atoms with Crippen molar-refractivity contribution in [3.8, 4) is 11.4 Å². The van der Waals surface area contributed by atoms with Gasteiger partial charge in [0.05, 0.1) is 26.0 Å². The summed E-state index contributed by atoms with van der Waals surface area (Å²) in [5, 5.41) is 26.7. The number of benzene rings is 2. The number of nitrogens with one attached hydrogen (secondary N) is 2. The molecule has 3 aromatic rings. The molecule has 178 valence electrons. The van der Waals surface area contributed by atoms with Crippen LogP contribution in [0.2, 0.25) is 5.02 Å². The predicted molar refractivity (Wildman–Crippen MR) is 126 cm³/mol. The van der Waals surface area contributed by atoms with Crippen molar-refractivity contribution in [1.82, 2.24) is 25.0 Å². The molecule has 3 N–H and O–H groups in total. The van der Waals surface area contributed by atoms with Gasteiger partial charge in [0.1, 0.15) is 29.4 Å². The summed E-state index contributed by atoms with van der Waals surface area (Å²) in [7, 11) is 0. The molecule has 1 aromatic heterocycles. The van der Waals surface area contributed by atoms with Crippen molar-refractivity contribution in [2.75, 3.05) is 13.1 Å². The van der Waals surface area contributed by atoms with Gasteiger partial charge in [-0.25, -0.2) is 23.4 Å². The summed E-state index contributed by atoms with van der Waals surface area (Å²) in [5.41, 5.74) is -0.971. The Hall–Kier alpha value is -3.21. The zero-order valence-electron chi connectivity index (χ0n) is 18.4. The molecule has 0 spiro atoms. The van der Waals surface area contributed by atoms with Gasteiger partial charge in [0, 0.05) is 34.8 Å². The Balaban J connectivity index is 1.61. The lowest BCUT2D eigenvalue weighted by molar-refractivity contribution is -0.0532. The van der Waals surface area contributed by atoms with Crippen molar-refractivity contribution in [3.05, 3.63) is 70.5 Å². The number of hydrogen-bond acceptors (Lipinski definition) is 5. The largest absolute Gasteiger partial charge is 0.382 e.